The molecule has 2 saturated heterocycles. The number of hydrogen-bond donors (Lipinski definition) is 1. The Labute approximate surface area is 111 Å². The Balaban J connectivity index is 2.02. The van der Waals surface area contributed by atoms with Crippen LogP contribution in [0.2, 0.25) is 0 Å². The van der Waals surface area contributed by atoms with E-state index in [0.29, 0.717) is 6.04 Å². The molecule has 0 aromatic carbocycles. The summed E-state index contributed by atoms with van der Waals surface area (Å²) in [5, 5.41) is 3.67. The molecule has 2 fully saturated rings. The van der Waals surface area contributed by atoms with E-state index in [-0.39, 0.29) is 11.1 Å². The highest BCUT2D eigenvalue weighted by atomic mass is 16.5. The average molecular weight is 256 g/mol. The van der Waals surface area contributed by atoms with E-state index in [1.165, 1.54) is 0 Å². The van der Waals surface area contributed by atoms with Crippen LogP contribution in [-0.4, -0.2) is 62.0 Å². The molecule has 0 spiro atoms. The molecule has 3 unspecified atom stereocenters. The van der Waals surface area contributed by atoms with Gasteiger partial charge in [-0.05, 0) is 20.3 Å². The molecule has 106 valence electrons. The van der Waals surface area contributed by atoms with Gasteiger partial charge in [-0.3, -0.25) is 4.90 Å². The monoisotopic (exact) mass is 256 g/mol. The molecular formula is C14H28N2O2. The van der Waals surface area contributed by atoms with Crippen molar-refractivity contribution in [1.29, 1.82) is 0 Å². The first-order valence-electron chi connectivity index (χ1n) is 7.14. The zero-order valence-corrected chi connectivity index (χ0v) is 12.3. The van der Waals surface area contributed by atoms with Gasteiger partial charge in [0, 0.05) is 51.4 Å². The van der Waals surface area contributed by atoms with Crippen molar-refractivity contribution in [3.63, 3.8) is 0 Å². The number of nitrogens with zero attached hydrogens (tertiary/aromatic N) is 1. The van der Waals surface area contributed by atoms with Gasteiger partial charge in [-0.25, -0.2) is 0 Å². The SMILES string of the molecule is CCC1(C)CN(CC2(OC)CCOC2)C(C)CN1. The minimum atomic E-state index is -0.0831. The molecule has 3 atom stereocenters. The molecule has 2 heterocycles. The van der Waals surface area contributed by atoms with Gasteiger partial charge in [-0.1, -0.05) is 6.92 Å². The van der Waals surface area contributed by atoms with Crippen LogP contribution >= 0.6 is 0 Å². The van der Waals surface area contributed by atoms with E-state index >= 15 is 0 Å². The van der Waals surface area contributed by atoms with Gasteiger partial charge < -0.3 is 14.8 Å². The van der Waals surface area contributed by atoms with Crippen LogP contribution < -0.4 is 5.32 Å². The van der Waals surface area contributed by atoms with Gasteiger partial charge in [-0.15, -0.1) is 0 Å². The number of nitrogens with one attached hydrogen (secondary N) is 1. The summed E-state index contributed by atoms with van der Waals surface area (Å²) in [5.41, 5.74) is 0.154. The normalized spacial score (nSPS) is 42.3. The fourth-order valence-electron chi connectivity index (χ4n) is 2.94. The third kappa shape index (κ3) is 2.87. The third-order valence-corrected chi connectivity index (χ3v) is 4.77. The van der Waals surface area contributed by atoms with Crippen LogP contribution in [0.15, 0.2) is 0 Å². The standard InChI is InChI=1S/C14H28N2O2/c1-5-13(3)9-16(12(2)8-15-13)10-14(17-4)6-7-18-11-14/h12,15H,5-11H2,1-4H3. The van der Waals surface area contributed by atoms with Gasteiger partial charge >= 0.3 is 0 Å². The van der Waals surface area contributed by atoms with Crippen LogP contribution in [-0.2, 0) is 9.47 Å². The summed E-state index contributed by atoms with van der Waals surface area (Å²) >= 11 is 0. The van der Waals surface area contributed by atoms with Crippen molar-refractivity contribution in [1.82, 2.24) is 10.2 Å². The van der Waals surface area contributed by atoms with Crippen molar-refractivity contribution < 1.29 is 9.47 Å². The zero-order chi connectivity index (χ0) is 13.2. The summed E-state index contributed by atoms with van der Waals surface area (Å²) in [6.45, 7) is 11.6. The number of ether oxygens (including phenoxy) is 2. The van der Waals surface area contributed by atoms with E-state index < -0.39 is 0 Å². The molecule has 0 amide bonds. The molecule has 2 aliphatic heterocycles. The molecule has 0 aliphatic carbocycles. The predicted octanol–water partition coefficient (Wildman–Crippen LogP) is 1.25. The fourth-order valence-corrected chi connectivity index (χ4v) is 2.94. The molecule has 0 radical (unpaired) electrons. The van der Waals surface area contributed by atoms with Crippen molar-refractivity contribution in [3.05, 3.63) is 0 Å². The summed E-state index contributed by atoms with van der Waals surface area (Å²) in [5.74, 6) is 0. The van der Waals surface area contributed by atoms with Gasteiger partial charge in [0.1, 0.15) is 5.60 Å². The second-order valence-corrected chi connectivity index (χ2v) is 6.24. The smallest absolute Gasteiger partial charge is 0.106 e. The lowest BCUT2D eigenvalue weighted by Gasteiger charge is -2.47. The molecule has 0 bridgehead atoms. The first kappa shape index (κ1) is 14.3. The van der Waals surface area contributed by atoms with Crippen LogP contribution in [0.1, 0.15) is 33.6 Å². The lowest BCUT2D eigenvalue weighted by Crippen LogP contribution is -2.64. The Kier molecular flexibility index (Phi) is 4.32. The van der Waals surface area contributed by atoms with Gasteiger partial charge in [0.05, 0.1) is 6.61 Å². The second-order valence-electron chi connectivity index (χ2n) is 6.24. The number of rotatable bonds is 4. The van der Waals surface area contributed by atoms with Crippen molar-refractivity contribution in [2.45, 2.75) is 50.8 Å². The van der Waals surface area contributed by atoms with E-state index in [2.05, 4.69) is 31.0 Å². The molecule has 4 heteroatoms. The maximum atomic E-state index is 5.76. The quantitative estimate of drug-likeness (QED) is 0.821. The largest absolute Gasteiger partial charge is 0.378 e. The average Bonchev–Trinajstić information content (AvgIpc) is 2.83. The maximum absolute atomic E-state index is 5.76. The highest BCUT2D eigenvalue weighted by Gasteiger charge is 2.41. The van der Waals surface area contributed by atoms with Gasteiger partial charge in [0.15, 0.2) is 0 Å². The van der Waals surface area contributed by atoms with E-state index in [4.69, 9.17) is 9.47 Å². The Hall–Kier alpha value is -0.160. The van der Waals surface area contributed by atoms with Crippen molar-refractivity contribution in [2.24, 2.45) is 0 Å². The molecule has 0 aromatic heterocycles. The molecule has 2 rings (SSSR count). The van der Waals surface area contributed by atoms with Crippen LogP contribution in [0.4, 0.5) is 0 Å². The van der Waals surface area contributed by atoms with E-state index in [1.54, 1.807) is 0 Å². The molecule has 4 nitrogen and oxygen atoms in total. The minimum absolute atomic E-state index is 0.0831. The fraction of sp³-hybridized carbons (Fsp3) is 1.00. The summed E-state index contributed by atoms with van der Waals surface area (Å²) < 4.78 is 11.3. The Morgan fingerprint density at radius 2 is 2.28 bits per heavy atom. The third-order valence-electron chi connectivity index (χ3n) is 4.77. The van der Waals surface area contributed by atoms with Gasteiger partial charge in [-0.2, -0.15) is 0 Å². The molecule has 0 aromatic rings. The molecular weight excluding hydrogens is 228 g/mol. The first-order chi connectivity index (χ1) is 8.52. The summed E-state index contributed by atoms with van der Waals surface area (Å²) in [4.78, 5) is 2.57. The van der Waals surface area contributed by atoms with Crippen molar-refractivity contribution >= 4 is 0 Å². The van der Waals surface area contributed by atoms with E-state index in [1.807, 2.05) is 7.11 Å². The molecule has 0 saturated carbocycles. The Morgan fingerprint density at radius 1 is 1.50 bits per heavy atom. The lowest BCUT2D eigenvalue weighted by atomic mass is 9.92. The molecule has 2 aliphatic rings. The predicted molar refractivity (Wildman–Crippen MR) is 72.9 cm³/mol. The highest BCUT2D eigenvalue weighted by Crippen LogP contribution is 2.27. The maximum Gasteiger partial charge on any atom is 0.106 e. The van der Waals surface area contributed by atoms with Crippen LogP contribution in [0.3, 0.4) is 0 Å². The highest BCUT2D eigenvalue weighted by molar-refractivity contribution is 4.97. The lowest BCUT2D eigenvalue weighted by molar-refractivity contribution is -0.0589. The first-order valence-corrected chi connectivity index (χ1v) is 7.14. The van der Waals surface area contributed by atoms with Gasteiger partial charge in [0.2, 0.25) is 0 Å². The van der Waals surface area contributed by atoms with Crippen LogP contribution in [0.25, 0.3) is 0 Å². The number of methoxy groups -OCH3 is 1. The van der Waals surface area contributed by atoms with Gasteiger partial charge in [0.25, 0.3) is 0 Å². The molecule has 18 heavy (non-hydrogen) atoms. The van der Waals surface area contributed by atoms with Crippen molar-refractivity contribution in [2.75, 3.05) is 40.0 Å². The van der Waals surface area contributed by atoms with Crippen LogP contribution in [0, 0.1) is 0 Å². The summed E-state index contributed by atoms with van der Waals surface area (Å²) in [7, 11) is 1.82. The minimum Gasteiger partial charge on any atom is -0.378 e. The Morgan fingerprint density at radius 3 is 2.83 bits per heavy atom. The number of hydrogen-bond acceptors (Lipinski definition) is 4. The summed E-state index contributed by atoms with van der Waals surface area (Å²) in [6.07, 6.45) is 2.18. The topological polar surface area (TPSA) is 33.7 Å². The van der Waals surface area contributed by atoms with E-state index in [9.17, 15) is 0 Å². The second kappa shape index (κ2) is 5.45. The molecule has 1 N–H and O–H groups in total. The Bertz CT molecular complexity index is 279. The van der Waals surface area contributed by atoms with E-state index in [0.717, 1.165) is 45.7 Å². The zero-order valence-electron chi connectivity index (χ0n) is 12.3. The number of piperazine rings is 1. The summed E-state index contributed by atoms with van der Waals surface area (Å²) in [6, 6.07) is 0.567. The van der Waals surface area contributed by atoms with Crippen LogP contribution in [0.5, 0.6) is 0 Å². The van der Waals surface area contributed by atoms with Crippen molar-refractivity contribution in [3.8, 4) is 0 Å².